The molecule has 0 aromatic heterocycles. The first-order valence-corrected chi connectivity index (χ1v) is 12.2. The third-order valence-corrected chi connectivity index (χ3v) is 8.16. The summed E-state index contributed by atoms with van der Waals surface area (Å²) in [6, 6.07) is 0. The summed E-state index contributed by atoms with van der Waals surface area (Å²) in [4.78, 5) is 0. The van der Waals surface area contributed by atoms with Crippen LogP contribution in [0.15, 0.2) is 37.0 Å². The van der Waals surface area contributed by atoms with Gasteiger partial charge in [0.05, 0.1) is 0 Å². The van der Waals surface area contributed by atoms with Crippen LogP contribution in [0.4, 0.5) is 0 Å². The molecule has 0 unspecified atom stereocenters. The third kappa shape index (κ3) is 6.65. The first-order valence-electron chi connectivity index (χ1n) is 12.2. The van der Waals surface area contributed by atoms with Gasteiger partial charge in [0.2, 0.25) is 0 Å². The predicted molar refractivity (Wildman–Crippen MR) is 120 cm³/mol. The molecule has 0 N–H and O–H groups in total. The van der Waals surface area contributed by atoms with Gasteiger partial charge in [0.15, 0.2) is 0 Å². The summed E-state index contributed by atoms with van der Waals surface area (Å²) in [6.07, 6.45) is 32.2. The van der Waals surface area contributed by atoms with E-state index < -0.39 is 0 Å². The van der Waals surface area contributed by atoms with Gasteiger partial charge in [0, 0.05) is 0 Å². The van der Waals surface area contributed by atoms with E-state index in [1.165, 1.54) is 89.9 Å². The lowest BCUT2D eigenvalue weighted by atomic mass is 9.69. The van der Waals surface area contributed by atoms with Crippen LogP contribution in [0.25, 0.3) is 0 Å². The van der Waals surface area contributed by atoms with Crippen LogP contribution >= 0.6 is 0 Å². The Balaban J connectivity index is 1.32. The van der Waals surface area contributed by atoms with Crippen molar-refractivity contribution in [1.29, 1.82) is 0 Å². The molecule has 0 saturated heterocycles. The Bertz CT molecular complexity index is 460. The van der Waals surface area contributed by atoms with Crippen LogP contribution in [0.2, 0.25) is 0 Å². The van der Waals surface area contributed by atoms with Crippen molar-refractivity contribution >= 4 is 0 Å². The van der Waals surface area contributed by atoms with Crippen molar-refractivity contribution in [2.75, 3.05) is 0 Å². The number of hydrogen-bond acceptors (Lipinski definition) is 0. The molecule has 3 saturated carbocycles. The monoisotopic (exact) mass is 368 g/mol. The summed E-state index contributed by atoms with van der Waals surface area (Å²) in [5, 5.41) is 0. The summed E-state index contributed by atoms with van der Waals surface area (Å²) < 4.78 is 0. The summed E-state index contributed by atoms with van der Waals surface area (Å²) >= 11 is 0. The van der Waals surface area contributed by atoms with Crippen LogP contribution in [-0.4, -0.2) is 0 Å². The lowest BCUT2D eigenvalue weighted by molar-refractivity contribution is 0.166. The van der Waals surface area contributed by atoms with Crippen LogP contribution in [0.1, 0.15) is 96.8 Å². The molecule has 152 valence electrons. The zero-order valence-electron chi connectivity index (χ0n) is 18.0. The fourth-order valence-corrected chi connectivity index (χ4v) is 6.14. The molecule has 0 bridgehead atoms. The molecule has 0 radical (unpaired) electrons. The summed E-state index contributed by atoms with van der Waals surface area (Å²) in [5.41, 5.74) is 0. The SMILES string of the molecule is C=CC1CCC(C2CCC(C=CC3CCC(CCC=CC)CC3)CC2)CC1. The molecule has 3 fully saturated rings. The molecule has 0 nitrogen and oxygen atoms in total. The molecular formula is C27H44. The van der Waals surface area contributed by atoms with E-state index in [-0.39, 0.29) is 0 Å². The van der Waals surface area contributed by atoms with Gasteiger partial charge >= 0.3 is 0 Å². The molecule has 0 spiro atoms. The van der Waals surface area contributed by atoms with Gasteiger partial charge in [0.25, 0.3) is 0 Å². The Hall–Kier alpha value is -0.780. The first kappa shape index (κ1) is 20.9. The standard InChI is InChI=1S/C27H44/c1-3-5-6-7-23-8-10-24(11-9-23)12-13-25-16-20-27(21-17-25)26-18-14-22(4-2)15-19-26/h3-5,12-13,22-27H,2,6-11,14-21H2,1H3. The van der Waals surface area contributed by atoms with Crippen LogP contribution in [0, 0.1) is 35.5 Å². The highest BCUT2D eigenvalue weighted by Crippen LogP contribution is 2.42. The highest BCUT2D eigenvalue weighted by atomic mass is 14.3. The van der Waals surface area contributed by atoms with Gasteiger partial charge in [-0.1, -0.05) is 30.4 Å². The zero-order chi connectivity index (χ0) is 18.9. The fourth-order valence-electron chi connectivity index (χ4n) is 6.14. The van der Waals surface area contributed by atoms with Gasteiger partial charge in [0.1, 0.15) is 0 Å². The van der Waals surface area contributed by atoms with Gasteiger partial charge < -0.3 is 0 Å². The molecule has 0 atom stereocenters. The Morgan fingerprint density at radius 3 is 1.63 bits per heavy atom. The van der Waals surface area contributed by atoms with Crippen LogP contribution < -0.4 is 0 Å². The van der Waals surface area contributed by atoms with Gasteiger partial charge in [-0.15, -0.1) is 6.58 Å². The van der Waals surface area contributed by atoms with Gasteiger partial charge in [-0.2, -0.15) is 0 Å². The highest BCUT2D eigenvalue weighted by Gasteiger charge is 2.29. The van der Waals surface area contributed by atoms with Crippen molar-refractivity contribution in [1.82, 2.24) is 0 Å². The number of allylic oxidation sites excluding steroid dienone is 5. The third-order valence-electron chi connectivity index (χ3n) is 8.16. The minimum absolute atomic E-state index is 0.818. The summed E-state index contributed by atoms with van der Waals surface area (Å²) in [5.74, 6) is 5.65. The second-order valence-corrected chi connectivity index (χ2v) is 9.90. The quantitative estimate of drug-likeness (QED) is 0.395. The van der Waals surface area contributed by atoms with Gasteiger partial charge in [-0.25, -0.2) is 0 Å². The minimum atomic E-state index is 0.818. The van der Waals surface area contributed by atoms with Crippen molar-refractivity contribution in [3.8, 4) is 0 Å². The summed E-state index contributed by atoms with van der Waals surface area (Å²) in [7, 11) is 0. The fraction of sp³-hybridized carbons (Fsp3) is 0.778. The Morgan fingerprint density at radius 2 is 1.15 bits per heavy atom. The maximum atomic E-state index is 4.00. The lowest BCUT2D eigenvalue weighted by Crippen LogP contribution is -2.25. The van der Waals surface area contributed by atoms with E-state index >= 15 is 0 Å². The molecule has 3 rings (SSSR count). The van der Waals surface area contributed by atoms with Crippen molar-refractivity contribution in [2.24, 2.45) is 35.5 Å². The van der Waals surface area contributed by atoms with E-state index in [1.807, 2.05) is 0 Å². The van der Waals surface area contributed by atoms with Crippen LogP contribution in [0.5, 0.6) is 0 Å². The maximum Gasteiger partial charge on any atom is -0.0233 e. The van der Waals surface area contributed by atoms with Crippen LogP contribution in [-0.2, 0) is 0 Å². The first-order chi connectivity index (χ1) is 13.3. The Morgan fingerprint density at radius 1 is 0.667 bits per heavy atom. The largest absolute Gasteiger partial charge is 0.103 e. The average molecular weight is 369 g/mol. The molecule has 0 heterocycles. The second-order valence-electron chi connectivity index (χ2n) is 9.90. The molecule has 27 heavy (non-hydrogen) atoms. The van der Waals surface area contributed by atoms with E-state index in [2.05, 4.69) is 43.9 Å². The Kier molecular flexibility index (Phi) is 8.75. The van der Waals surface area contributed by atoms with E-state index in [1.54, 1.807) is 0 Å². The van der Waals surface area contributed by atoms with E-state index in [4.69, 9.17) is 0 Å². The Labute approximate surface area is 169 Å². The van der Waals surface area contributed by atoms with Gasteiger partial charge in [-0.3, -0.25) is 0 Å². The topological polar surface area (TPSA) is 0 Å². The molecular weight excluding hydrogens is 324 g/mol. The van der Waals surface area contributed by atoms with Crippen molar-refractivity contribution < 1.29 is 0 Å². The number of hydrogen-bond donors (Lipinski definition) is 0. The molecule has 0 aliphatic heterocycles. The number of rotatable bonds is 7. The van der Waals surface area contributed by atoms with Crippen molar-refractivity contribution in [2.45, 2.75) is 96.8 Å². The lowest BCUT2D eigenvalue weighted by Gasteiger charge is -2.37. The second kappa shape index (κ2) is 11.3. The van der Waals surface area contributed by atoms with E-state index in [9.17, 15) is 0 Å². The van der Waals surface area contributed by atoms with Crippen LogP contribution in [0.3, 0.4) is 0 Å². The van der Waals surface area contributed by atoms with Crippen molar-refractivity contribution in [3.63, 3.8) is 0 Å². The van der Waals surface area contributed by atoms with E-state index in [0.717, 1.165) is 35.5 Å². The molecule has 0 amide bonds. The maximum absolute atomic E-state index is 4.00. The smallest absolute Gasteiger partial charge is 0.0233 e. The summed E-state index contributed by atoms with van der Waals surface area (Å²) in [6.45, 7) is 6.14. The highest BCUT2D eigenvalue weighted by molar-refractivity contribution is 4.97. The molecule has 3 aliphatic carbocycles. The van der Waals surface area contributed by atoms with Crippen molar-refractivity contribution in [3.05, 3.63) is 37.0 Å². The molecule has 0 aromatic carbocycles. The molecule has 0 aromatic rings. The van der Waals surface area contributed by atoms with Gasteiger partial charge in [-0.05, 0) is 132 Å². The normalized spacial score (nSPS) is 38.4. The molecule has 3 aliphatic rings. The minimum Gasteiger partial charge on any atom is -0.103 e. The molecule has 0 heteroatoms. The average Bonchev–Trinajstić information content (AvgIpc) is 2.74. The predicted octanol–water partition coefficient (Wildman–Crippen LogP) is 8.50. The zero-order valence-corrected chi connectivity index (χ0v) is 18.0. The van der Waals surface area contributed by atoms with E-state index in [0.29, 0.717) is 0 Å².